The van der Waals surface area contributed by atoms with Crippen molar-refractivity contribution in [2.24, 2.45) is 0 Å². The lowest BCUT2D eigenvalue weighted by Gasteiger charge is -2.18. The zero-order valence-corrected chi connectivity index (χ0v) is 17.0. The first kappa shape index (κ1) is 19.8. The Morgan fingerprint density at radius 1 is 0.833 bits per heavy atom. The lowest BCUT2D eigenvalue weighted by Crippen LogP contribution is -2.20. The van der Waals surface area contributed by atoms with Crippen LogP contribution in [0.3, 0.4) is 0 Å². The Morgan fingerprint density at radius 2 is 1.50 bits per heavy atom. The van der Waals surface area contributed by atoms with Crippen molar-refractivity contribution < 1.29 is 14.3 Å². The van der Waals surface area contributed by atoms with E-state index in [2.05, 4.69) is 0 Å². The minimum absolute atomic E-state index is 0.227. The predicted octanol–water partition coefficient (Wildman–Crippen LogP) is 5.91. The van der Waals surface area contributed by atoms with Crippen molar-refractivity contribution in [1.82, 2.24) is 4.57 Å². The number of hydrogen-bond donors (Lipinski definition) is 0. The fourth-order valence-electron chi connectivity index (χ4n) is 3.60. The van der Waals surface area contributed by atoms with Gasteiger partial charge in [-0.3, -0.25) is 0 Å². The number of rotatable bonds is 8. The Kier molecular flexibility index (Phi) is 6.14. The van der Waals surface area contributed by atoms with Crippen molar-refractivity contribution in [2.75, 3.05) is 0 Å². The maximum atomic E-state index is 12.8. The fraction of sp³-hybridized carbons (Fsp3) is 0.192. The Morgan fingerprint density at radius 3 is 2.17 bits per heavy atom. The SMILES string of the molecule is CCC(C(=O)OCc1ccccc1)n1ccc2c(OCc3ccccc3)cccc21. The van der Waals surface area contributed by atoms with E-state index in [0.29, 0.717) is 13.0 Å². The zero-order valence-electron chi connectivity index (χ0n) is 17.0. The number of ether oxygens (including phenoxy) is 2. The summed E-state index contributed by atoms with van der Waals surface area (Å²) in [4.78, 5) is 12.8. The second kappa shape index (κ2) is 9.31. The highest BCUT2D eigenvalue weighted by molar-refractivity contribution is 5.88. The van der Waals surface area contributed by atoms with Crippen LogP contribution < -0.4 is 4.74 Å². The molecule has 152 valence electrons. The molecule has 4 heteroatoms. The van der Waals surface area contributed by atoms with Crippen LogP contribution in [0.25, 0.3) is 10.9 Å². The fourth-order valence-corrected chi connectivity index (χ4v) is 3.60. The third-order valence-electron chi connectivity index (χ3n) is 5.18. The largest absolute Gasteiger partial charge is 0.488 e. The van der Waals surface area contributed by atoms with Gasteiger partial charge in [0, 0.05) is 11.6 Å². The van der Waals surface area contributed by atoms with Gasteiger partial charge in [0.15, 0.2) is 0 Å². The predicted molar refractivity (Wildman–Crippen MR) is 118 cm³/mol. The van der Waals surface area contributed by atoms with E-state index in [4.69, 9.17) is 9.47 Å². The summed E-state index contributed by atoms with van der Waals surface area (Å²) in [6.45, 7) is 2.78. The number of carbonyl (C=O) groups is 1. The van der Waals surface area contributed by atoms with Crippen molar-refractivity contribution in [3.05, 3.63) is 102 Å². The molecule has 4 nitrogen and oxygen atoms in total. The summed E-state index contributed by atoms with van der Waals surface area (Å²) >= 11 is 0. The van der Waals surface area contributed by atoms with Gasteiger partial charge in [-0.05, 0) is 35.7 Å². The number of hydrogen-bond acceptors (Lipinski definition) is 3. The summed E-state index contributed by atoms with van der Waals surface area (Å²) in [7, 11) is 0. The van der Waals surface area contributed by atoms with Crippen LogP contribution in [0.1, 0.15) is 30.5 Å². The van der Waals surface area contributed by atoms with Crippen LogP contribution in [0.2, 0.25) is 0 Å². The molecule has 1 atom stereocenters. The average molecular weight is 399 g/mol. The molecule has 0 bridgehead atoms. The summed E-state index contributed by atoms with van der Waals surface area (Å²) < 4.78 is 13.7. The number of carbonyl (C=O) groups excluding carboxylic acids is 1. The van der Waals surface area contributed by atoms with Crippen LogP contribution >= 0.6 is 0 Å². The van der Waals surface area contributed by atoms with Crippen molar-refractivity contribution in [1.29, 1.82) is 0 Å². The van der Waals surface area contributed by atoms with Gasteiger partial charge < -0.3 is 14.0 Å². The molecule has 0 aliphatic rings. The summed E-state index contributed by atoms with van der Waals surface area (Å²) in [6, 6.07) is 27.4. The maximum Gasteiger partial charge on any atom is 0.329 e. The van der Waals surface area contributed by atoms with Gasteiger partial charge in [-0.25, -0.2) is 4.79 Å². The highest BCUT2D eigenvalue weighted by Gasteiger charge is 2.22. The smallest absolute Gasteiger partial charge is 0.329 e. The molecule has 0 aliphatic carbocycles. The van der Waals surface area contributed by atoms with Crippen LogP contribution in [0.4, 0.5) is 0 Å². The van der Waals surface area contributed by atoms with E-state index in [1.165, 1.54) is 0 Å². The number of fused-ring (bicyclic) bond motifs is 1. The maximum absolute atomic E-state index is 12.8. The quantitative estimate of drug-likeness (QED) is 0.346. The average Bonchev–Trinajstić information content (AvgIpc) is 3.23. The molecular weight excluding hydrogens is 374 g/mol. The van der Waals surface area contributed by atoms with Crippen molar-refractivity contribution in [2.45, 2.75) is 32.6 Å². The highest BCUT2D eigenvalue weighted by Crippen LogP contribution is 2.30. The number of nitrogens with zero attached hydrogens (tertiary/aromatic N) is 1. The Labute approximate surface area is 176 Å². The highest BCUT2D eigenvalue weighted by atomic mass is 16.5. The molecule has 0 spiro atoms. The molecule has 1 heterocycles. The first-order chi connectivity index (χ1) is 14.8. The van der Waals surface area contributed by atoms with Gasteiger partial charge in [-0.1, -0.05) is 73.7 Å². The molecule has 0 radical (unpaired) electrons. The summed E-state index contributed by atoms with van der Waals surface area (Å²) in [5, 5.41) is 0.989. The molecule has 0 saturated carbocycles. The molecule has 0 N–H and O–H groups in total. The topological polar surface area (TPSA) is 40.5 Å². The number of esters is 1. The Balaban J connectivity index is 1.52. The molecule has 0 fully saturated rings. The van der Waals surface area contributed by atoms with Crippen molar-refractivity contribution in [3.63, 3.8) is 0 Å². The zero-order chi connectivity index (χ0) is 20.8. The van der Waals surface area contributed by atoms with Crippen molar-refractivity contribution in [3.8, 4) is 5.75 Å². The first-order valence-corrected chi connectivity index (χ1v) is 10.2. The van der Waals surface area contributed by atoms with E-state index in [0.717, 1.165) is 27.8 Å². The van der Waals surface area contributed by atoms with Crippen molar-refractivity contribution >= 4 is 16.9 Å². The van der Waals surface area contributed by atoms with Crippen LogP contribution in [0.15, 0.2) is 91.1 Å². The molecule has 0 aliphatic heterocycles. The van der Waals surface area contributed by atoms with E-state index in [-0.39, 0.29) is 18.6 Å². The van der Waals surface area contributed by atoms with Gasteiger partial charge in [0.1, 0.15) is 25.0 Å². The minimum atomic E-state index is -0.379. The van der Waals surface area contributed by atoms with E-state index in [1.54, 1.807) is 0 Å². The summed E-state index contributed by atoms with van der Waals surface area (Å²) in [5.74, 6) is 0.581. The van der Waals surface area contributed by atoms with Gasteiger partial charge in [-0.2, -0.15) is 0 Å². The van der Waals surface area contributed by atoms with E-state index < -0.39 is 0 Å². The van der Waals surface area contributed by atoms with Gasteiger partial charge in [-0.15, -0.1) is 0 Å². The molecule has 1 unspecified atom stereocenters. The lowest BCUT2D eigenvalue weighted by molar-refractivity contribution is -0.149. The first-order valence-electron chi connectivity index (χ1n) is 10.2. The molecule has 1 aromatic heterocycles. The van der Waals surface area contributed by atoms with Gasteiger partial charge in [0.2, 0.25) is 0 Å². The second-order valence-electron chi connectivity index (χ2n) is 7.20. The van der Waals surface area contributed by atoms with Gasteiger partial charge in [0.25, 0.3) is 0 Å². The molecule has 4 rings (SSSR count). The van der Waals surface area contributed by atoms with Gasteiger partial charge in [0.05, 0.1) is 5.52 Å². The molecule has 0 saturated heterocycles. The molecular formula is C26H25NO3. The van der Waals surface area contributed by atoms with Gasteiger partial charge >= 0.3 is 5.97 Å². The molecule has 30 heavy (non-hydrogen) atoms. The van der Waals surface area contributed by atoms with E-state index >= 15 is 0 Å². The van der Waals surface area contributed by atoms with Crippen LogP contribution in [0.5, 0.6) is 5.75 Å². The number of aromatic nitrogens is 1. The summed E-state index contributed by atoms with van der Waals surface area (Å²) in [5.41, 5.74) is 3.06. The second-order valence-corrected chi connectivity index (χ2v) is 7.20. The standard InChI is InChI=1S/C26H25NO3/c1-2-23(26(28)30-19-21-12-7-4-8-13-21)27-17-16-22-24(27)14-9-15-25(22)29-18-20-10-5-3-6-11-20/h3-17,23H,2,18-19H2,1H3. The number of benzene rings is 3. The van der Waals surface area contributed by atoms with Crippen LogP contribution in [-0.2, 0) is 22.7 Å². The Bertz CT molecular complexity index is 1100. The third kappa shape index (κ3) is 4.38. The molecule has 3 aromatic carbocycles. The van der Waals surface area contributed by atoms with E-state index in [9.17, 15) is 4.79 Å². The van der Waals surface area contributed by atoms with Crippen LogP contribution in [0, 0.1) is 0 Å². The Hall–Kier alpha value is -3.53. The molecule has 0 amide bonds. The summed E-state index contributed by atoms with van der Waals surface area (Å²) in [6.07, 6.45) is 2.59. The third-order valence-corrected chi connectivity index (χ3v) is 5.18. The monoisotopic (exact) mass is 399 g/mol. The lowest BCUT2D eigenvalue weighted by atomic mass is 10.2. The normalized spacial score (nSPS) is 11.9. The van der Waals surface area contributed by atoms with E-state index in [1.807, 2.05) is 103 Å². The minimum Gasteiger partial charge on any atom is -0.488 e. The van der Waals surface area contributed by atoms with Crippen LogP contribution in [-0.4, -0.2) is 10.5 Å². The molecule has 4 aromatic rings.